The molecule has 10 heteroatoms. The van der Waals surface area contributed by atoms with Gasteiger partial charge in [-0.25, -0.2) is 9.37 Å². The van der Waals surface area contributed by atoms with Crippen molar-refractivity contribution in [3.05, 3.63) is 71.2 Å². The van der Waals surface area contributed by atoms with Gasteiger partial charge in [0.15, 0.2) is 11.5 Å². The van der Waals surface area contributed by atoms with Crippen LogP contribution in [-0.2, 0) is 15.8 Å². The number of carbonyl (C=O) groups excluding carboxylic acids is 2. The first-order chi connectivity index (χ1) is 21.4. The number of halogens is 1. The second-order valence-electron chi connectivity index (χ2n) is 13.2. The Morgan fingerprint density at radius 3 is 2.47 bits per heavy atom. The van der Waals surface area contributed by atoms with E-state index in [9.17, 15) is 19.1 Å². The van der Waals surface area contributed by atoms with Crippen molar-refractivity contribution in [3.8, 4) is 28.5 Å². The number of benzene rings is 2. The molecule has 2 saturated carbocycles. The van der Waals surface area contributed by atoms with Gasteiger partial charge in [0, 0.05) is 22.2 Å². The minimum Gasteiger partial charge on any atom is -0.493 e. The number of rotatable bonds is 10. The van der Waals surface area contributed by atoms with Crippen LogP contribution >= 0.6 is 0 Å². The number of hydrogen-bond donors (Lipinski definition) is 3. The predicted molar refractivity (Wildman–Crippen MR) is 166 cm³/mol. The second kappa shape index (κ2) is 11.6. The first-order valence-corrected chi connectivity index (χ1v) is 15.5. The molecule has 3 aromatic rings. The summed E-state index contributed by atoms with van der Waals surface area (Å²) in [6, 6.07) is 12.5. The quantitative estimate of drug-likeness (QED) is 0.287. The Morgan fingerprint density at radius 1 is 1.09 bits per heavy atom. The van der Waals surface area contributed by atoms with E-state index in [1.807, 2.05) is 6.92 Å². The van der Waals surface area contributed by atoms with Crippen LogP contribution in [-0.4, -0.2) is 53.8 Å². The third kappa shape index (κ3) is 6.20. The van der Waals surface area contributed by atoms with Gasteiger partial charge in [-0.15, -0.1) is 0 Å². The van der Waals surface area contributed by atoms with E-state index in [0.29, 0.717) is 39.6 Å². The number of ether oxygens (including phenoxy) is 3. The van der Waals surface area contributed by atoms with Crippen LogP contribution in [0.1, 0.15) is 80.9 Å². The highest BCUT2D eigenvalue weighted by atomic mass is 19.1. The molecular formula is C35H40FN3O6. The molecule has 238 valence electrons. The summed E-state index contributed by atoms with van der Waals surface area (Å²) in [5, 5.41) is 17.8. The molecular weight excluding hydrogens is 577 g/mol. The van der Waals surface area contributed by atoms with Gasteiger partial charge in [0.2, 0.25) is 5.91 Å². The summed E-state index contributed by atoms with van der Waals surface area (Å²) in [5.74, 6) is 0.470. The molecule has 45 heavy (non-hydrogen) atoms. The third-order valence-corrected chi connectivity index (χ3v) is 9.20. The molecule has 1 aliphatic heterocycles. The smallest absolute Gasteiger partial charge is 0.251 e. The Hall–Kier alpha value is -4.18. The highest BCUT2D eigenvalue weighted by molar-refractivity contribution is 5.95. The SMILES string of the molecule is COc1cc(C(=O)NC[C@](C)(O)c2cc3c(c(-c4ccc(F)cc4)n2)OC[C@]3(C)C(=O)NC2(C)CCCC2)ccc1OC1CC1. The minimum atomic E-state index is -1.64. The molecule has 2 fully saturated rings. The average Bonchev–Trinajstić information content (AvgIpc) is 3.63. The predicted octanol–water partition coefficient (Wildman–Crippen LogP) is 5.17. The fraction of sp³-hybridized carbons (Fsp3) is 0.457. The van der Waals surface area contributed by atoms with Gasteiger partial charge in [0.05, 0.1) is 25.5 Å². The van der Waals surface area contributed by atoms with Crippen molar-refractivity contribution in [1.29, 1.82) is 0 Å². The molecule has 9 nitrogen and oxygen atoms in total. The summed E-state index contributed by atoms with van der Waals surface area (Å²) in [6.07, 6.45) is 6.09. The number of nitrogens with one attached hydrogen (secondary N) is 2. The molecule has 6 rings (SSSR count). The van der Waals surface area contributed by atoms with E-state index < -0.39 is 22.7 Å². The number of aromatic nitrogens is 1. The zero-order chi connectivity index (χ0) is 32.0. The van der Waals surface area contributed by atoms with Gasteiger partial charge in [0.25, 0.3) is 5.91 Å². The van der Waals surface area contributed by atoms with Gasteiger partial charge in [-0.05, 0) is 95.0 Å². The Kier molecular flexibility index (Phi) is 7.97. The van der Waals surface area contributed by atoms with Crippen molar-refractivity contribution in [2.45, 2.75) is 82.0 Å². The summed E-state index contributed by atoms with van der Waals surface area (Å²) in [7, 11) is 1.52. The normalized spacial score (nSPS) is 21.3. The van der Waals surface area contributed by atoms with Crippen LogP contribution in [0.15, 0.2) is 48.5 Å². The summed E-state index contributed by atoms with van der Waals surface area (Å²) in [4.78, 5) is 31.8. The van der Waals surface area contributed by atoms with Gasteiger partial charge in [-0.1, -0.05) is 12.8 Å². The monoisotopic (exact) mass is 617 g/mol. The van der Waals surface area contributed by atoms with Crippen LogP contribution in [0.2, 0.25) is 0 Å². The minimum absolute atomic E-state index is 0.0880. The van der Waals surface area contributed by atoms with Crippen molar-refractivity contribution in [2.75, 3.05) is 20.3 Å². The van der Waals surface area contributed by atoms with Crippen LogP contribution in [0.25, 0.3) is 11.3 Å². The number of hydrogen-bond acceptors (Lipinski definition) is 7. The fourth-order valence-corrected chi connectivity index (χ4v) is 6.06. The zero-order valence-corrected chi connectivity index (χ0v) is 26.2. The lowest BCUT2D eigenvalue weighted by atomic mass is 9.81. The summed E-state index contributed by atoms with van der Waals surface area (Å²) < 4.78 is 31.3. The van der Waals surface area contributed by atoms with E-state index in [4.69, 9.17) is 19.2 Å². The molecule has 0 radical (unpaired) electrons. The van der Waals surface area contributed by atoms with E-state index in [-0.39, 0.29) is 36.4 Å². The lowest BCUT2D eigenvalue weighted by Gasteiger charge is -2.31. The largest absolute Gasteiger partial charge is 0.493 e. The Morgan fingerprint density at radius 2 is 1.80 bits per heavy atom. The number of methoxy groups -OCH3 is 1. The van der Waals surface area contributed by atoms with Crippen molar-refractivity contribution < 1.29 is 33.3 Å². The maximum atomic E-state index is 13.9. The van der Waals surface area contributed by atoms with Crippen LogP contribution in [0.5, 0.6) is 17.2 Å². The van der Waals surface area contributed by atoms with E-state index >= 15 is 0 Å². The van der Waals surface area contributed by atoms with Crippen molar-refractivity contribution in [3.63, 3.8) is 0 Å². The van der Waals surface area contributed by atoms with Crippen LogP contribution in [0.4, 0.5) is 4.39 Å². The number of carbonyl (C=O) groups is 2. The Balaban J connectivity index is 1.30. The van der Waals surface area contributed by atoms with Gasteiger partial charge in [-0.3, -0.25) is 9.59 Å². The molecule has 2 atom stereocenters. The molecule has 3 N–H and O–H groups in total. The van der Waals surface area contributed by atoms with Crippen molar-refractivity contribution >= 4 is 11.8 Å². The Bertz CT molecular complexity index is 1610. The van der Waals surface area contributed by atoms with Crippen LogP contribution in [0.3, 0.4) is 0 Å². The molecule has 0 spiro atoms. The van der Waals surface area contributed by atoms with Gasteiger partial charge >= 0.3 is 0 Å². The Labute approximate surface area is 262 Å². The molecule has 2 aromatic carbocycles. The van der Waals surface area contributed by atoms with Crippen molar-refractivity contribution in [1.82, 2.24) is 15.6 Å². The highest BCUT2D eigenvalue weighted by Gasteiger charge is 2.48. The molecule has 0 bridgehead atoms. The second-order valence-corrected chi connectivity index (χ2v) is 13.2. The number of pyridine rings is 1. The summed E-state index contributed by atoms with van der Waals surface area (Å²) >= 11 is 0. The first kappa shape index (κ1) is 30.8. The van der Waals surface area contributed by atoms with Crippen LogP contribution in [0, 0.1) is 5.82 Å². The molecule has 2 heterocycles. The number of fused-ring (bicyclic) bond motifs is 1. The van der Waals surface area contributed by atoms with Gasteiger partial charge in [0.1, 0.15) is 34.9 Å². The third-order valence-electron chi connectivity index (χ3n) is 9.20. The average molecular weight is 618 g/mol. The summed E-state index contributed by atoms with van der Waals surface area (Å²) in [5.41, 5.74) is -0.881. The number of aliphatic hydroxyl groups is 1. The fourth-order valence-electron chi connectivity index (χ4n) is 6.06. The van der Waals surface area contributed by atoms with Gasteiger partial charge in [-0.2, -0.15) is 0 Å². The zero-order valence-electron chi connectivity index (χ0n) is 26.2. The van der Waals surface area contributed by atoms with E-state index in [0.717, 1.165) is 38.5 Å². The lowest BCUT2D eigenvalue weighted by Crippen LogP contribution is -2.52. The molecule has 1 aromatic heterocycles. The van der Waals surface area contributed by atoms with Gasteiger partial charge < -0.3 is 30.0 Å². The molecule has 2 aliphatic carbocycles. The standard InChI is InChI=1S/C35H40FN3O6/c1-33(15-5-6-16-33)39-32(41)34(2)20-44-30-25(34)18-28(38-29(30)21-7-10-23(36)11-8-21)35(3,42)19-37-31(40)22-9-14-26(27(17-22)43-4)45-24-12-13-24/h7-11,14,17-18,24,42H,5-6,12-13,15-16,19-20H2,1-4H3,(H,37,40)(H,39,41)/t34-,35-/m0/s1. The lowest BCUT2D eigenvalue weighted by molar-refractivity contribution is -0.128. The number of amides is 2. The maximum absolute atomic E-state index is 13.9. The van der Waals surface area contributed by atoms with Crippen molar-refractivity contribution in [2.24, 2.45) is 0 Å². The number of nitrogens with zero attached hydrogens (tertiary/aromatic N) is 1. The molecule has 2 amide bonds. The van der Waals surface area contributed by atoms with Crippen LogP contribution < -0.4 is 24.8 Å². The van der Waals surface area contributed by atoms with E-state index in [2.05, 4.69) is 17.6 Å². The van der Waals surface area contributed by atoms with E-state index in [1.54, 1.807) is 43.3 Å². The maximum Gasteiger partial charge on any atom is 0.251 e. The molecule has 3 aliphatic rings. The first-order valence-electron chi connectivity index (χ1n) is 15.5. The highest BCUT2D eigenvalue weighted by Crippen LogP contribution is 2.46. The molecule has 0 unspecified atom stereocenters. The summed E-state index contributed by atoms with van der Waals surface area (Å²) in [6.45, 7) is 5.36. The molecule has 0 saturated heterocycles. The topological polar surface area (TPSA) is 119 Å². The van der Waals surface area contributed by atoms with E-state index in [1.165, 1.54) is 19.2 Å².